The molecule has 1 saturated heterocycles. The number of hydrogen-bond acceptors (Lipinski definition) is 5. The smallest absolute Gasteiger partial charge is 0.277 e. The minimum absolute atomic E-state index is 0.443. The van der Waals surface area contributed by atoms with Crippen molar-refractivity contribution in [2.24, 2.45) is 5.92 Å². The fourth-order valence-corrected chi connectivity index (χ4v) is 2.61. The van der Waals surface area contributed by atoms with E-state index in [0.29, 0.717) is 5.69 Å². The van der Waals surface area contributed by atoms with E-state index in [2.05, 4.69) is 10.3 Å². The Balaban J connectivity index is 2.06. The number of thiazole rings is 1. The van der Waals surface area contributed by atoms with Crippen molar-refractivity contribution < 1.29 is 14.4 Å². The number of carbonyl (C=O) groups excluding carboxylic acids is 3. The van der Waals surface area contributed by atoms with E-state index in [9.17, 15) is 14.4 Å². The fraction of sp³-hybridized carbons (Fsp3) is 0.167. The lowest BCUT2D eigenvalue weighted by molar-refractivity contribution is -0.133. The Hall–Kier alpha value is -2.28. The van der Waals surface area contributed by atoms with Crippen molar-refractivity contribution in [1.82, 2.24) is 10.3 Å². The molecule has 1 N–H and O–H groups in total. The lowest BCUT2D eigenvalue weighted by atomic mass is 10.1. The minimum Gasteiger partial charge on any atom is -0.277 e. The van der Waals surface area contributed by atoms with Gasteiger partial charge in [-0.05, 0) is 25.1 Å². The van der Waals surface area contributed by atoms with Crippen LogP contribution in [0.3, 0.4) is 0 Å². The number of barbiturate groups is 1. The summed E-state index contributed by atoms with van der Waals surface area (Å²) in [4.78, 5) is 40.3. The van der Waals surface area contributed by atoms with Gasteiger partial charge in [0.25, 0.3) is 0 Å². The van der Waals surface area contributed by atoms with Crippen molar-refractivity contribution in [3.05, 3.63) is 23.7 Å². The third-order valence-corrected chi connectivity index (χ3v) is 3.78. The Kier molecular flexibility index (Phi) is 2.56. The summed E-state index contributed by atoms with van der Waals surface area (Å²) < 4.78 is 0.877. The molecule has 2 aromatic rings. The van der Waals surface area contributed by atoms with E-state index in [-0.39, 0.29) is 0 Å². The Morgan fingerprint density at radius 2 is 2.11 bits per heavy atom. The van der Waals surface area contributed by atoms with Crippen LogP contribution in [0.4, 0.5) is 10.5 Å². The lowest BCUT2D eigenvalue weighted by Gasteiger charge is -2.28. The molecule has 19 heavy (non-hydrogen) atoms. The van der Waals surface area contributed by atoms with E-state index in [4.69, 9.17) is 0 Å². The summed E-state index contributed by atoms with van der Waals surface area (Å²) >= 11 is 1.42. The van der Waals surface area contributed by atoms with Gasteiger partial charge in [0.15, 0.2) is 0 Å². The van der Waals surface area contributed by atoms with Gasteiger partial charge in [0.2, 0.25) is 11.8 Å². The molecule has 3 rings (SSSR count). The van der Waals surface area contributed by atoms with Gasteiger partial charge in [0.1, 0.15) is 5.92 Å². The topological polar surface area (TPSA) is 79.4 Å². The second-order valence-corrected chi connectivity index (χ2v) is 5.08. The number of urea groups is 1. The van der Waals surface area contributed by atoms with Gasteiger partial charge in [0, 0.05) is 0 Å². The second-order valence-electron chi connectivity index (χ2n) is 4.19. The molecule has 1 fully saturated rings. The molecule has 4 amide bonds. The van der Waals surface area contributed by atoms with Crippen LogP contribution in [0.15, 0.2) is 23.7 Å². The first-order chi connectivity index (χ1) is 9.08. The van der Waals surface area contributed by atoms with Gasteiger partial charge in [-0.3, -0.25) is 14.9 Å². The largest absolute Gasteiger partial charge is 0.335 e. The number of benzene rings is 1. The standard InChI is InChI=1S/C12H9N3O3S/c1-6-10(16)14-12(18)15(11(6)17)7-2-3-8-9(4-7)19-5-13-8/h2-6H,1H3,(H,14,16,18). The predicted octanol–water partition coefficient (Wildman–Crippen LogP) is 1.52. The molecule has 0 bridgehead atoms. The first-order valence-electron chi connectivity index (χ1n) is 5.60. The Labute approximate surface area is 112 Å². The van der Waals surface area contributed by atoms with Crippen LogP contribution >= 0.6 is 11.3 Å². The molecular formula is C12H9N3O3S. The molecule has 2 heterocycles. The van der Waals surface area contributed by atoms with Crippen LogP contribution in [0.1, 0.15) is 6.92 Å². The average Bonchev–Trinajstić information content (AvgIpc) is 2.83. The molecule has 0 aliphatic carbocycles. The van der Waals surface area contributed by atoms with Crippen molar-refractivity contribution >= 4 is 45.1 Å². The van der Waals surface area contributed by atoms with E-state index in [1.165, 1.54) is 18.3 Å². The van der Waals surface area contributed by atoms with Gasteiger partial charge in [0.05, 0.1) is 21.4 Å². The van der Waals surface area contributed by atoms with Crippen molar-refractivity contribution in [2.75, 3.05) is 4.90 Å². The van der Waals surface area contributed by atoms with Gasteiger partial charge in [-0.1, -0.05) is 0 Å². The van der Waals surface area contributed by atoms with Crippen molar-refractivity contribution in [2.45, 2.75) is 6.92 Å². The fourth-order valence-electron chi connectivity index (χ4n) is 1.90. The van der Waals surface area contributed by atoms with Crippen molar-refractivity contribution in [1.29, 1.82) is 0 Å². The molecule has 1 aliphatic heterocycles. The molecule has 1 atom stereocenters. The zero-order chi connectivity index (χ0) is 13.6. The number of fused-ring (bicyclic) bond motifs is 1. The molecule has 6 nitrogen and oxygen atoms in total. The molecule has 1 aromatic heterocycles. The van der Waals surface area contributed by atoms with E-state index in [0.717, 1.165) is 15.1 Å². The van der Waals surface area contributed by atoms with Crippen LogP contribution in [0.5, 0.6) is 0 Å². The van der Waals surface area contributed by atoms with Crippen molar-refractivity contribution in [3.63, 3.8) is 0 Å². The van der Waals surface area contributed by atoms with E-state index in [1.54, 1.807) is 23.7 Å². The van der Waals surface area contributed by atoms with E-state index in [1.807, 2.05) is 0 Å². The molecule has 0 radical (unpaired) electrons. The number of nitrogens with zero attached hydrogens (tertiary/aromatic N) is 2. The van der Waals surface area contributed by atoms with Crippen LogP contribution < -0.4 is 10.2 Å². The number of rotatable bonds is 1. The monoisotopic (exact) mass is 275 g/mol. The highest BCUT2D eigenvalue weighted by Gasteiger charge is 2.38. The summed E-state index contributed by atoms with van der Waals surface area (Å²) in [5.74, 6) is -1.95. The number of carbonyl (C=O) groups is 3. The Morgan fingerprint density at radius 3 is 2.89 bits per heavy atom. The SMILES string of the molecule is CC1C(=O)NC(=O)N(c2ccc3ncsc3c2)C1=O. The lowest BCUT2D eigenvalue weighted by Crippen LogP contribution is -2.57. The Bertz CT molecular complexity index is 709. The van der Waals surface area contributed by atoms with Gasteiger partial charge >= 0.3 is 6.03 Å². The number of anilines is 1. The third-order valence-electron chi connectivity index (χ3n) is 2.99. The minimum atomic E-state index is -0.866. The van der Waals surface area contributed by atoms with Crippen molar-refractivity contribution in [3.8, 4) is 0 Å². The summed E-state index contributed by atoms with van der Waals surface area (Å²) in [6.45, 7) is 1.47. The molecule has 7 heteroatoms. The van der Waals surface area contributed by atoms with Gasteiger partial charge in [-0.25, -0.2) is 14.7 Å². The molecule has 96 valence electrons. The molecule has 1 aliphatic rings. The maximum atomic E-state index is 12.1. The van der Waals surface area contributed by atoms with E-state index < -0.39 is 23.8 Å². The number of nitrogens with one attached hydrogen (secondary N) is 1. The zero-order valence-electron chi connectivity index (χ0n) is 9.91. The number of hydrogen-bond donors (Lipinski definition) is 1. The molecule has 1 aromatic carbocycles. The van der Waals surface area contributed by atoms with Gasteiger partial charge < -0.3 is 0 Å². The number of aromatic nitrogens is 1. The average molecular weight is 275 g/mol. The highest BCUT2D eigenvalue weighted by molar-refractivity contribution is 7.16. The van der Waals surface area contributed by atoms with Gasteiger partial charge in [-0.2, -0.15) is 0 Å². The summed E-state index contributed by atoms with van der Waals surface area (Å²) in [6.07, 6.45) is 0. The summed E-state index contributed by atoms with van der Waals surface area (Å²) in [5.41, 5.74) is 2.94. The quantitative estimate of drug-likeness (QED) is 0.800. The summed E-state index contributed by atoms with van der Waals surface area (Å²) in [6, 6.07) is 4.38. The van der Waals surface area contributed by atoms with Crippen LogP contribution in [0, 0.1) is 5.92 Å². The summed E-state index contributed by atoms with van der Waals surface area (Å²) in [7, 11) is 0. The molecule has 0 spiro atoms. The normalized spacial score (nSPS) is 19.9. The maximum Gasteiger partial charge on any atom is 0.335 e. The van der Waals surface area contributed by atoms with E-state index >= 15 is 0 Å². The first-order valence-corrected chi connectivity index (χ1v) is 6.48. The second kappa shape index (κ2) is 4.13. The van der Waals surface area contributed by atoms with Crippen LogP contribution in [-0.2, 0) is 9.59 Å². The van der Waals surface area contributed by atoms with Gasteiger partial charge in [-0.15, -0.1) is 11.3 Å². The molecule has 1 unspecified atom stereocenters. The highest BCUT2D eigenvalue weighted by atomic mass is 32.1. The summed E-state index contributed by atoms with van der Waals surface area (Å²) in [5, 5.41) is 2.16. The zero-order valence-corrected chi connectivity index (χ0v) is 10.7. The molecular weight excluding hydrogens is 266 g/mol. The molecule has 0 saturated carbocycles. The van der Waals surface area contributed by atoms with Crippen LogP contribution in [0.25, 0.3) is 10.2 Å². The predicted molar refractivity (Wildman–Crippen MR) is 69.8 cm³/mol. The maximum absolute atomic E-state index is 12.1. The van der Waals surface area contributed by atoms with Crippen LogP contribution in [0.2, 0.25) is 0 Å². The Morgan fingerprint density at radius 1 is 1.32 bits per heavy atom. The highest BCUT2D eigenvalue weighted by Crippen LogP contribution is 2.26. The third kappa shape index (κ3) is 1.78. The number of amides is 4. The first kappa shape index (κ1) is 11.8. The number of imide groups is 2. The van der Waals surface area contributed by atoms with Crippen LogP contribution in [-0.4, -0.2) is 22.8 Å².